The lowest BCUT2D eigenvalue weighted by Crippen LogP contribution is -2.30. The van der Waals surface area contributed by atoms with Crippen LogP contribution in [0.2, 0.25) is 0 Å². The number of carbonyl (C=O) groups excluding carboxylic acids is 1. The lowest BCUT2D eigenvalue weighted by Gasteiger charge is -2.25. The van der Waals surface area contributed by atoms with E-state index >= 15 is 0 Å². The molecule has 3 aromatic rings. The molecule has 1 unspecified atom stereocenters. The predicted molar refractivity (Wildman–Crippen MR) is 109 cm³/mol. The molecule has 0 N–H and O–H groups in total. The molecule has 0 aliphatic carbocycles. The highest BCUT2D eigenvalue weighted by molar-refractivity contribution is 5.77. The Kier molecular flexibility index (Phi) is 6.07. The fraction of sp³-hybridized carbons (Fsp3) is 0.348. The van der Waals surface area contributed by atoms with Gasteiger partial charge in [0.25, 0.3) is 0 Å². The molecular weight excluding hydrogens is 385 g/mol. The summed E-state index contributed by atoms with van der Waals surface area (Å²) in [5.41, 5.74) is 1.81. The van der Waals surface area contributed by atoms with Crippen LogP contribution in [0.5, 0.6) is 5.75 Å². The van der Waals surface area contributed by atoms with E-state index in [2.05, 4.69) is 10.1 Å². The van der Waals surface area contributed by atoms with Crippen molar-refractivity contribution in [1.82, 2.24) is 15.0 Å². The maximum Gasteiger partial charge on any atom is 0.226 e. The third-order valence-corrected chi connectivity index (χ3v) is 5.40. The number of hydrogen-bond donors (Lipinski definition) is 0. The summed E-state index contributed by atoms with van der Waals surface area (Å²) in [6.45, 7) is 0.774. The number of ether oxygens (including phenoxy) is 1. The Balaban J connectivity index is 1.33. The molecule has 0 spiro atoms. The van der Waals surface area contributed by atoms with Gasteiger partial charge in [0.15, 0.2) is 0 Å². The first-order valence-electron chi connectivity index (χ1n) is 10.2. The number of halogens is 1. The SMILES string of the molecule is COc1cccc(C2CCCN2C(=O)CCCc2nc(-c3ccc(F)cc3)no2)c1. The molecule has 0 radical (unpaired) electrons. The molecule has 1 fully saturated rings. The topological polar surface area (TPSA) is 68.5 Å². The average molecular weight is 409 g/mol. The summed E-state index contributed by atoms with van der Waals surface area (Å²) in [5, 5.41) is 3.94. The van der Waals surface area contributed by atoms with Gasteiger partial charge in [-0.3, -0.25) is 4.79 Å². The maximum atomic E-state index is 13.0. The van der Waals surface area contributed by atoms with Crippen LogP contribution in [0.4, 0.5) is 4.39 Å². The summed E-state index contributed by atoms with van der Waals surface area (Å²) >= 11 is 0. The Morgan fingerprint density at radius 1 is 1.27 bits per heavy atom. The molecule has 1 aliphatic rings. The zero-order valence-electron chi connectivity index (χ0n) is 16.9. The lowest BCUT2D eigenvalue weighted by molar-refractivity contribution is -0.132. The van der Waals surface area contributed by atoms with Gasteiger partial charge in [-0.15, -0.1) is 0 Å². The molecule has 1 aliphatic heterocycles. The summed E-state index contributed by atoms with van der Waals surface area (Å²) in [5.74, 6) is 1.54. The van der Waals surface area contributed by atoms with E-state index in [4.69, 9.17) is 9.26 Å². The Labute approximate surface area is 174 Å². The van der Waals surface area contributed by atoms with Gasteiger partial charge < -0.3 is 14.2 Å². The Morgan fingerprint density at radius 2 is 2.10 bits per heavy atom. The number of amides is 1. The summed E-state index contributed by atoms with van der Waals surface area (Å²) in [6.07, 6.45) is 3.54. The van der Waals surface area contributed by atoms with Crippen molar-refractivity contribution in [2.75, 3.05) is 13.7 Å². The number of nitrogens with zero attached hydrogens (tertiary/aromatic N) is 3. The van der Waals surface area contributed by atoms with Gasteiger partial charge in [0.2, 0.25) is 17.6 Å². The third-order valence-electron chi connectivity index (χ3n) is 5.40. The monoisotopic (exact) mass is 409 g/mol. The van der Waals surface area contributed by atoms with Crippen molar-refractivity contribution in [3.63, 3.8) is 0 Å². The summed E-state index contributed by atoms with van der Waals surface area (Å²) in [4.78, 5) is 19.1. The van der Waals surface area contributed by atoms with E-state index in [1.54, 1.807) is 19.2 Å². The van der Waals surface area contributed by atoms with Crippen LogP contribution in [-0.2, 0) is 11.2 Å². The second-order valence-corrected chi connectivity index (χ2v) is 7.39. The van der Waals surface area contributed by atoms with Crippen molar-refractivity contribution in [3.05, 3.63) is 65.8 Å². The summed E-state index contributed by atoms with van der Waals surface area (Å²) < 4.78 is 23.6. The number of aromatic nitrogens is 2. The van der Waals surface area contributed by atoms with E-state index in [1.165, 1.54) is 12.1 Å². The maximum absolute atomic E-state index is 13.0. The molecule has 0 saturated carbocycles. The van der Waals surface area contributed by atoms with Gasteiger partial charge in [0.1, 0.15) is 11.6 Å². The van der Waals surface area contributed by atoms with Crippen molar-refractivity contribution in [2.45, 2.75) is 38.1 Å². The van der Waals surface area contributed by atoms with Crippen molar-refractivity contribution in [2.24, 2.45) is 0 Å². The van der Waals surface area contributed by atoms with Gasteiger partial charge in [0, 0.05) is 24.9 Å². The van der Waals surface area contributed by atoms with Crippen LogP contribution in [0.3, 0.4) is 0 Å². The fourth-order valence-electron chi connectivity index (χ4n) is 3.87. The molecule has 2 heterocycles. The zero-order chi connectivity index (χ0) is 20.9. The molecule has 1 atom stereocenters. The second-order valence-electron chi connectivity index (χ2n) is 7.39. The van der Waals surface area contributed by atoms with E-state index in [9.17, 15) is 9.18 Å². The minimum Gasteiger partial charge on any atom is -0.497 e. The van der Waals surface area contributed by atoms with Crippen molar-refractivity contribution in [1.29, 1.82) is 0 Å². The fourth-order valence-corrected chi connectivity index (χ4v) is 3.87. The molecule has 156 valence electrons. The van der Waals surface area contributed by atoms with Crippen LogP contribution in [0.15, 0.2) is 53.1 Å². The Morgan fingerprint density at radius 3 is 2.90 bits per heavy atom. The zero-order valence-corrected chi connectivity index (χ0v) is 16.9. The Hall–Kier alpha value is -3.22. The number of carbonyl (C=O) groups is 1. The number of rotatable bonds is 7. The Bertz CT molecular complexity index is 1000. The van der Waals surface area contributed by atoms with E-state index < -0.39 is 0 Å². The quantitative estimate of drug-likeness (QED) is 0.572. The lowest BCUT2D eigenvalue weighted by atomic mass is 10.0. The molecule has 0 bridgehead atoms. The highest BCUT2D eigenvalue weighted by Gasteiger charge is 2.29. The number of aryl methyl sites for hydroxylation is 1. The van der Waals surface area contributed by atoms with Crippen LogP contribution < -0.4 is 4.74 Å². The molecular formula is C23H24FN3O3. The summed E-state index contributed by atoms with van der Waals surface area (Å²) in [6, 6.07) is 14.0. The van der Waals surface area contributed by atoms with Gasteiger partial charge >= 0.3 is 0 Å². The number of likely N-dealkylation sites (tertiary alicyclic amines) is 1. The smallest absolute Gasteiger partial charge is 0.226 e. The predicted octanol–water partition coefficient (Wildman–Crippen LogP) is 4.57. The number of methoxy groups -OCH3 is 1. The molecule has 4 rings (SSSR count). The molecule has 2 aromatic carbocycles. The first kappa shape index (κ1) is 20.1. The minimum atomic E-state index is -0.310. The highest BCUT2D eigenvalue weighted by Crippen LogP contribution is 2.34. The molecule has 1 saturated heterocycles. The molecule has 7 heteroatoms. The first-order chi connectivity index (χ1) is 14.6. The van der Waals surface area contributed by atoms with Gasteiger partial charge in [0.05, 0.1) is 13.2 Å². The van der Waals surface area contributed by atoms with Gasteiger partial charge in [-0.05, 0) is 61.2 Å². The van der Waals surface area contributed by atoms with Gasteiger partial charge in [-0.1, -0.05) is 17.3 Å². The van der Waals surface area contributed by atoms with E-state index in [1.807, 2.05) is 29.2 Å². The van der Waals surface area contributed by atoms with Crippen LogP contribution in [-0.4, -0.2) is 34.6 Å². The largest absolute Gasteiger partial charge is 0.497 e. The van der Waals surface area contributed by atoms with Gasteiger partial charge in [-0.2, -0.15) is 4.98 Å². The molecule has 1 aromatic heterocycles. The van der Waals surface area contributed by atoms with Gasteiger partial charge in [-0.25, -0.2) is 4.39 Å². The molecule has 30 heavy (non-hydrogen) atoms. The van der Waals surface area contributed by atoms with E-state index in [0.717, 1.165) is 30.7 Å². The van der Waals surface area contributed by atoms with E-state index in [0.29, 0.717) is 36.5 Å². The van der Waals surface area contributed by atoms with Crippen molar-refractivity contribution >= 4 is 5.91 Å². The van der Waals surface area contributed by atoms with Crippen LogP contribution in [0.1, 0.15) is 43.2 Å². The van der Waals surface area contributed by atoms with Crippen molar-refractivity contribution in [3.8, 4) is 17.1 Å². The number of benzene rings is 2. The van der Waals surface area contributed by atoms with Crippen molar-refractivity contribution < 1.29 is 18.4 Å². The third kappa shape index (κ3) is 4.50. The van der Waals surface area contributed by atoms with Crippen LogP contribution in [0.25, 0.3) is 11.4 Å². The average Bonchev–Trinajstić information content (AvgIpc) is 3.44. The van der Waals surface area contributed by atoms with Crippen LogP contribution in [0, 0.1) is 5.82 Å². The van der Waals surface area contributed by atoms with Crippen LogP contribution >= 0.6 is 0 Å². The number of hydrogen-bond acceptors (Lipinski definition) is 5. The minimum absolute atomic E-state index is 0.0982. The van der Waals surface area contributed by atoms with E-state index in [-0.39, 0.29) is 17.8 Å². The summed E-state index contributed by atoms with van der Waals surface area (Å²) in [7, 11) is 1.65. The molecule has 6 nitrogen and oxygen atoms in total. The first-order valence-corrected chi connectivity index (χ1v) is 10.2. The second kappa shape index (κ2) is 9.07. The highest BCUT2D eigenvalue weighted by atomic mass is 19.1. The molecule has 1 amide bonds. The normalized spacial score (nSPS) is 16.1. The standard InChI is InChI=1S/C23H24FN3O3/c1-29-19-6-2-5-17(15-19)20-7-4-14-27(20)22(28)9-3-8-21-25-23(26-30-21)16-10-12-18(24)13-11-16/h2,5-6,10-13,15,20H,3-4,7-9,14H2,1H3.